The van der Waals surface area contributed by atoms with Crippen LogP contribution in [0.15, 0.2) is 54.7 Å². The molecule has 4 aromatic rings. The predicted molar refractivity (Wildman–Crippen MR) is 168 cm³/mol. The van der Waals surface area contributed by atoms with Crippen molar-refractivity contribution in [2.24, 2.45) is 7.05 Å². The standard InChI is InChI=1S/C35H45N7O/c1-24(2)29-8-6-9-30(22-29)43-26(4)32-37-38-33(40(32)5)34-14-17-35(18-15-34,19-16-34)42-23-31(36-39-42)28-12-10-27(11-13-28)25(3)41-20-7-21-41/h6,8-13,22-26H,7,14-21H2,1-5H3/t25-,26+,34?,35?/m1/s1. The van der Waals surface area contributed by atoms with Crippen LogP contribution in [-0.4, -0.2) is 47.7 Å². The highest BCUT2D eigenvalue weighted by Crippen LogP contribution is 2.56. The monoisotopic (exact) mass is 579 g/mol. The van der Waals surface area contributed by atoms with Gasteiger partial charge in [0.15, 0.2) is 11.9 Å². The molecule has 8 rings (SSSR count). The number of benzene rings is 2. The summed E-state index contributed by atoms with van der Waals surface area (Å²) in [5.41, 5.74) is 4.86. The van der Waals surface area contributed by atoms with Gasteiger partial charge >= 0.3 is 0 Å². The molecule has 0 amide bonds. The van der Waals surface area contributed by atoms with Crippen molar-refractivity contribution in [1.29, 1.82) is 0 Å². The van der Waals surface area contributed by atoms with Crippen LogP contribution in [0, 0.1) is 0 Å². The molecule has 2 aromatic heterocycles. The molecule has 4 aliphatic rings. The van der Waals surface area contributed by atoms with Gasteiger partial charge in [-0.1, -0.05) is 55.5 Å². The molecule has 1 saturated heterocycles. The average Bonchev–Trinajstić information content (AvgIpc) is 3.66. The molecule has 4 fully saturated rings. The quantitative estimate of drug-likeness (QED) is 0.211. The lowest BCUT2D eigenvalue weighted by atomic mass is 9.57. The van der Waals surface area contributed by atoms with E-state index in [1.165, 1.54) is 30.6 Å². The summed E-state index contributed by atoms with van der Waals surface area (Å²) in [6.07, 6.45) is 9.82. The number of hydrogen-bond donors (Lipinski definition) is 0. The molecular formula is C35H45N7O. The van der Waals surface area contributed by atoms with Gasteiger partial charge in [-0.2, -0.15) is 0 Å². The second kappa shape index (κ2) is 10.9. The maximum Gasteiger partial charge on any atom is 0.173 e. The van der Waals surface area contributed by atoms with Crippen molar-refractivity contribution < 1.29 is 4.74 Å². The van der Waals surface area contributed by atoms with Crippen LogP contribution in [0.25, 0.3) is 11.3 Å². The van der Waals surface area contributed by atoms with E-state index < -0.39 is 0 Å². The number of ether oxygens (including phenoxy) is 1. The Bertz CT molecular complexity index is 1560. The van der Waals surface area contributed by atoms with E-state index in [1.807, 2.05) is 6.07 Å². The first-order valence-corrected chi connectivity index (χ1v) is 16.2. The minimum absolute atomic E-state index is 0.0399. The molecule has 3 saturated carbocycles. The number of aromatic nitrogens is 6. The van der Waals surface area contributed by atoms with E-state index in [4.69, 9.17) is 15.0 Å². The third kappa shape index (κ3) is 4.97. The molecule has 3 heterocycles. The summed E-state index contributed by atoms with van der Waals surface area (Å²) in [6.45, 7) is 11.2. The fraction of sp³-hybridized carbons (Fsp3) is 0.543. The third-order valence-electron chi connectivity index (χ3n) is 10.9. The second-order valence-corrected chi connectivity index (χ2v) is 13.7. The second-order valence-electron chi connectivity index (χ2n) is 13.7. The van der Waals surface area contributed by atoms with Gasteiger partial charge in [0, 0.05) is 24.1 Å². The highest BCUT2D eigenvalue weighted by atomic mass is 16.5. The van der Waals surface area contributed by atoms with Crippen LogP contribution in [0.4, 0.5) is 0 Å². The summed E-state index contributed by atoms with van der Waals surface area (Å²) in [5, 5.41) is 18.8. The summed E-state index contributed by atoms with van der Waals surface area (Å²) in [7, 11) is 2.11. The van der Waals surface area contributed by atoms with E-state index in [0.29, 0.717) is 12.0 Å². The van der Waals surface area contributed by atoms with E-state index in [0.717, 1.165) is 67.2 Å². The van der Waals surface area contributed by atoms with Crippen molar-refractivity contribution in [3.05, 3.63) is 77.5 Å². The Morgan fingerprint density at radius 1 is 0.814 bits per heavy atom. The van der Waals surface area contributed by atoms with Crippen molar-refractivity contribution in [3.63, 3.8) is 0 Å². The lowest BCUT2D eigenvalue weighted by Gasteiger charge is -2.52. The Labute approximate surface area is 255 Å². The zero-order valence-corrected chi connectivity index (χ0v) is 26.3. The molecule has 0 N–H and O–H groups in total. The smallest absolute Gasteiger partial charge is 0.173 e. The van der Waals surface area contributed by atoms with E-state index in [2.05, 4.69) is 108 Å². The van der Waals surface area contributed by atoms with Gasteiger partial charge in [0.1, 0.15) is 17.3 Å². The predicted octanol–water partition coefficient (Wildman–Crippen LogP) is 7.10. The Morgan fingerprint density at radius 2 is 1.53 bits per heavy atom. The molecule has 8 nitrogen and oxygen atoms in total. The van der Waals surface area contributed by atoms with Gasteiger partial charge in [0.25, 0.3) is 0 Å². The van der Waals surface area contributed by atoms with E-state index >= 15 is 0 Å². The summed E-state index contributed by atoms with van der Waals surface area (Å²) < 4.78 is 10.7. The maximum atomic E-state index is 6.35. The summed E-state index contributed by atoms with van der Waals surface area (Å²) in [5.74, 6) is 3.33. The minimum Gasteiger partial charge on any atom is -0.483 e. The minimum atomic E-state index is -0.183. The van der Waals surface area contributed by atoms with E-state index in [-0.39, 0.29) is 17.1 Å². The van der Waals surface area contributed by atoms with Gasteiger partial charge in [0.2, 0.25) is 0 Å². The van der Waals surface area contributed by atoms with Crippen molar-refractivity contribution in [3.8, 4) is 17.0 Å². The molecular weight excluding hydrogens is 534 g/mol. The van der Waals surface area contributed by atoms with Gasteiger partial charge < -0.3 is 9.30 Å². The molecule has 226 valence electrons. The van der Waals surface area contributed by atoms with Gasteiger partial charge in [-0.3, -0.25) is 4.90 Å². The molecule has 1 aliphatic heterocycles. The normalized spacial score (nSPS) is 25.1. The lowest BCUT2D eigenvalue weighted by Crippen LogP contribution is -2.50. The SMILES string of the molecule is CC(C)c1cccc(O[C@@H](C)c2nnc(C34CCC(n5cc(-c6ccc([C@@H](C)N7CCC7)cc6)nn5)(CC3)CC4)n2C)c1. The van der Waals surface area contributed by atoms with E-state index in [1.54, 1.807) is 0 Å². The van der Waals surface area contributed by atoms with Crippen molar-refractivity contribution in [1.82, 2.24) is 34.7 Å². The molecule has 43 heavy (non-hydrogen) atoms. The van der Waals surface area contributed by atoms with Crippen LogP contribution in [0.1, 0.15) is 113 Å². The molecule has 3 aliphatic carbocycles. The molecule has 2 bridgehead atoms. The molecule has 2 aromatic carbocycles. The van der Waals surface area contributed by atoms with Gasteiger partial charge in [-0.05, 0) is 101 Å². The topological polar surface area (TPSA) is 73.9 Å². The van der Waals surface area contributed by atoms with Gasteiger partial charge in [0.05, 0.1) is 11.7 Å². The highest BCUT2D eigenvalue weighted by Gasteiger charge is 2.53. The average molecular weight is 580 g/mol. The maximum absolute atomic E-state index is 6.35. The highest BCUT2D eigenvalue weighted by molar-refractivity contribution is 5.58. The molecule has 8 heteroatoms. The van der Waals surface area contributed by atoms with Crippen LogP contribution in [0.3, 0.4) is 0 Å². The van der Waals surface area contributed by atoms with Crippen LogP contribution in [0.5, 0.6) is 5.75 Å². The van der Waals surface area contributed by atoms with Crippen molar-refractivity contribution >= 4 is 0 Å². The fourth-order valence-corrected chi connectivity index (χ4v) is 7.70. The van der Waals surface area contributed by atoms with Crippen LogP contribution < -0.4 is 4.74 Å². The van der Waals surface area contributed by atoms with Crippen LogP contribution in [0.2, 0.25) is 0 Å². The number of fused-ring (bicyclic) bond motifs is 3. The zero-order valence-electron chi connectivity index (χ0n) is 26.3. The van der Waals surface area contributed by atoms with Crippen LogP contribution >= 0.6 is 0 Å². The van der Waals surface area contributed by atoms with Crippen LogP contribution in [-0.2, 0) is 18.0 Å². The molecule has 2 atom stereocenters. The Kier molecular flexibility index (Phi) is 7.15. The number of likely N-dealkylation sites (tertiary alicyclic amines) is 1. The first-order chi connectivity index (χ1) is 20.8. The summed E-state index contributed by atoms with van der Waals surface area (Å²) in [6, 6.07) is 17.8. The summed E-state index contributed by atoms with van der Waals surface area (Å²) in [4.78, 5) is 2.53. The first-order valence-electron chi connectivity index (χ1n) is 16.2. The summed E-state index contributed by atoms with van der Waals surface area (Å²) >= 11 is 0. The van der Waals surface area contributed by atoms with Crippen molar-refractivity contribution in [2.75, 3.05) is 13.1 Å². The molecule has 0 unspecified atom stereocenters. The Morgan fingerprint density at radius 3 is 2.19 bits per heavy atom. The third-order valence-corrected chi connectivity index (χ3v) is 10.9. The zero-order chi connectivity index (χ0) is 29.8. The fourth-order valence-electron chi connectivity index (χ4n) is 7.70. The molecule has 0 radical (unpaired) electrons. The Balaban J connectivity index is 1.03. The van der Waals surface area contributed by atoms with E-state index in [9.17, 15) is 0 Å². The number of nitrogens with zero attached hydrogens (tertiary/aromatic N) is 7. The Hall–Kier alpha value is -3.52. The van der Waals surface area contributed by atoms with Gasteiger partial charge in [-0.25, -0.2) is 4.68 Å². The number of hydrogen-bond acceptors (Lipinski definition) is 6. The lowest BCUT2D eigenvalue weighted by molar-refractivity contribution is 0.0320. The number of rotatable bonds is 9. The van der Waals surface area contributed by atoms with Crippen molar-refractivity contribution in [2.45, 2.75) is 102 Å². The molecule has 0 spiro atoms. The largest absolute Gasteiger partial charge is 0.483 e. The van der Waals surface area contributed by atoms with Gasteiger partial charge in [-0.15, -0.1) is 15.3 Å². The first kappa shape index (κ1) is 28.3.